The molecule has 9 heteroatoms. The minimum Gasteiger partial charge on any atom is -0.459 e. The maximum atomic E-state index is 13.5. The van der Waals surface area contributed by atoms with Crippen LogP contribution in [0.2, 0.25) is 0 Å². The molecule has 4 rings (SSSR count). The summed E-state index contributed by atoms with van der Waals surface area (Å²) in [6.07, 6.45) is 1.69. The molecule has 2 aromatic rings. The van der Waals surface area contributed by atoms with Gasteiger partial charge in [0.05, 0.1) is 11.5 Å². The summed E-state index contributed by atoms with van der Waals surface area (Å²) in [5, 5.41) is 5.59. The Kier molecular flexibility index (Phi) is 11.0. The molecule has 0 saturated carbocycles. The third kappa shape index (κ3) is 9.02. The number of amides is 2. The lowest BCUT2D eigenvalue weighted by Gasteiger charge is -2.29. The van der Waals surface area contributed by atoms with Gasteiger partial charge in [-0.25, -0.2) is 4.79 Å². The van der Waals surface area contributed by atoms with E-state index < -0.39 is 47.4 Å². The molecule has 2 amide bonds. The van der Waals surface area contributed by atoms with Gasteiger partial charge in [-0.3, -0.25) is 14.4 Å². The van der Waals surface area contributed by atoms with Gasteiger partial charge < -0.3 is 24.8 Å². The van der Waals surface area contributed by atoms with Crippen LogP contribution in [0.1, 0.15) is 64.7 Å². The summed E-state index contributed by atoms with van der Waals surface area (Å²) in [6, 6.07) is 18.3. The molecule has 44 heavy (non-hydrogen) atoms. The Morgan fingerprint density at radius 1 is 0.909 bits per heavy atom. The number of hydrogen-bond acceptors (Lipinski definition) is 7. The van der Waals surface area contributed by atoms with Crippen LogP contribution in [-0.4, -0.2) is 54.7 Å². The summed E-state index contributed by atoms with van der Waals surface area (Å²) in [5.74, 6) is -2.33. The molecule has 1 saturated heterocycles. The molecule has 2 heterocycles. The largest absolute Gasteiger partial charge is 0.459 e. The highest BCUT2D eigenvalue weighted by Crippen LogP contribution is 2.45. The number of ether oxygens (including phenoxy) is 3. The standard InChI is InChI=1S/C35H44N2O7/c1-22(2)19-28-33(40)42-27(23(3)30-31(44-30)25-15-10-7-11-16-25)17-12-18-29(38)37-26(20-24-13-8-6-9-14-24)32(39)36-21-35(4,5)34(41)43-28/h6-16,18,22-23,26-28,30-31H,17,19-21H2,1-5H3,(H,36,39)(H,37,38)/b18-12+/t23-,26+,27-,28?,30+,31+/m0/s1. The summed E-state index contributed by atoms with van der Waals surface area (Å²) in [5.41, 5.74) is 0.760. The van der Waals surface area contributed by atoms with Crippen molar-refractivity contribution in [1.82, 2.24) is 10.6 Å². The third-order valence-electron chi connectivity index (χ3n) is 8.03. The van der Waals surface area contributed by atoms with Gasteiger partial charge in [-0.05, 0) is 43.4 Å². The van der Waals surface area contributed by atoms with E-state index in [0.29, 0.717) is 0 Å². The molecule has 2 aliphatic heterocycles. The second kappa shape index (κ2) is 14.7. The highest BCUT2D eigenvalue weighted by Gasteiger charge is 2.48. The van der Waals surface area contributed by atoms with Crippen molar-refractivity contribution < 1.29 is 33.4 Å². The van der Waals surface area contributed by atoms with E-state index in [1.165, 1.54) is 6.08 Å². The number of hydrogen-bond donors (Lipinski definition) is 2. The lowest BCUT2D eigenvalue weighted by Crippen LogP contribution is -2.51. The Bertz CT molecular complexity index is 1330. The van der Waals surface area contributed by atoms with Crippen molar-refractivity contribution in [3.63, 3.8) is 0 Å². The fourth-order valence-corrected chi connectivity index (χ4v) is 5.24. The molecule has 1 fully saturated rings. The topological polar surface area (TPSA) is 123 Å². The van der Waals surface area contributed by atoms with Crippen molar-refractivity contribution in [2.24, 2.45) is 17.3 Å². The van der Waals surface area contributed by atoms with E-state index in [2.05, 4.69) is 10.6 Å². The Balaban J connectivity index is 1.60. The van der Waals surface area contributed by atoms with Crippen molar-refractivity contribution >= 4 is 23.8 Å². The molecule has 0 spiro atoms. The van der Waals surface area contributed by atoms with Crippen LogP contribution in [0, 0.1) is 17.3 Å². The average Bonchev–Trinajstić information content (AvgIpc) is 3.80. The van der Waals surface area contributed by atoms with E-state index in [4.69, 9.17) is 14.2 Å². The zero-order chi connectivity index (χ0) is 31.9. The number of esters is 2. The number of benzene rings is 2. The quantitative estimate of drug-likeness (QED) is 0.353. The molecule has 2 aliphatic rings. The smallest absolute Gasteiger partial charge is 0.347 e. The number of carbonyl (C=O) groups is 4. The summed E-state index contributed by atoms with van der Waals surface area (Å²) >= 11 is 0. The first-order chi connectivity index (χ1) is 20.9. The maximum Gasteiger partial charge on any atom is 0.347 e. The molecule has 236 valence electrons. The van der Waals surface area contributed by atoms with E-state index in [9.17, 15) is 19.2 Å². The molecule has 6 atom stereocenters. The first-order valence-electron chi connectivity index (χ1n) is 15.3. The van der Waals surface area contributed by atoms with Crippen molar-refractivity contribution in [2.45, 2.75) is 84.3 Å². The number of rotatable bonds is 7. The lowest BCUT2D eigenvalue weighted by atomic mass is 9.92. The molecule has 0 radical (unpaired) electrons. The normalized spacial score (nSPS) is 27.8. The van der Waals surface area contributed by atoms with Gasteiger partial charge >= 0.3 is 11.9 Å². The maximum absolute atomic E-state index is 13.5. The van der Waals surface area contributed by atoms with Crippen LogP contribution in [0.3, 0.4) is 0 Å². The highest BCUT2D eigenvalue weighted by molar-refractivity contribution is 5.93. The van der Waals surface area contributed by atoms with Gasteiger partial charge in [-0.15, -0.1) is 0 Å². The molecule has 9 nitrogen and oxygen atoms in total. The van der Waals surface area contributed by atoms with Gasteiger partial charge in [-0.2, -0.15) is 0 Å². The van der Waals surface area contributed by atoms with E-state index in [1.54, 1.807) is 19.9 Å². The van der Waals surface area contributed by atoms with Crippen LogP contribution in [0.5, 0.6) is 0 Å². The zero-order valence-electron chi connectivity index (χ0n) is 26.2. The van der Waals surface area contributed by atoms with Gasteiger partial charge in [0.1, 0.15) is 18.2 Å². The van der Waals surface area contributed by atoms with E-state index in [-0.39, 0.29) is 49.9 Å². The predicted molar refractivity (Wildman–Crippen MR) is 165 cm³/mol. The lowest BCUT2D eigenvalue weighted by molar-refractivity contribution is -0.179. The number of nitrogens with one attached hydrogen (secondary N) is 2. The van der Waals surface area contributed by atoms with Gasteiger partial charge in [0.2, 0.25) is 11.8 Å². The van der Waals surface area contributed by atoms with Crippen molar-refractivity contribution in [3.05, 3.63) is 83.9 Å². The number of cyclic esters (lactones) is 2. The van der Waals surface area contributed by atoms with E-state index in [1.807, 2.05) is 81.4 Å². The van der Waals surface area contributed by atoms with Gasteiger partial charge in [-0.1, -0.05) is 87.5 Å². The second-order valence-electron chi connectivity index (χ2n) is 12.8. The summed E-state index contributed by atoms with van der Waals surface area (Å²) in [4.78, 5) is 53.2. The van der Waals surface area contributed by atoms with Crippen LogP contribution in [0.15, 0.2) is 72.8 Å². The zero-order valence-corrected chi connectivity index (χ0v) is 26.2. The van der Waals surface area contributed by atoms with Crippen LogP contribution < -0.4 is 10.6 Å². The SMILES string of the molecule is CC(C)CC1OC(=O)C(C)(C)CNC(=O)[C@@H](Cc2ccccc2)NC(=O)/C=C/C[C@@H]([C@H](C)[C@H]2O[C@@H]2c2ccccc2)OC1=O. The summed E-state index contributed by atoms with van der Waals surface area (Å²) < 4.78 is 17.8. The van der Waals surface area contributed by atoms with Crippen LogP contribution in [-0.2, 0) is 39.8 Å². The fourth-order valence-electron chi connectivity index (χ4n) is 5.24. The minimum absolute atomic E-state index is 0.0428. The summed E-state index contributed by atoms with van der Waals surface area (Å²) in [6.45, 7) is 9.05. The Morgan fingerprint density at radius 3 is 2.23 bits per heavy atom. The molecule has 0 aliphatic carbocycles. The molecule has 2 N–H and O–H groups in total. The fraction of sp³-hybridized carbons (Fsp3) is 0.486. The Labute approximate surface area is 259 Å². The number of carbonyl (C=O) groups excluding carboxylic acids is 4. The van der Waals surface area contributed by atoms with E-state index >= 15 is 0 Å². The molecule has 1 unspecified atom stereocenters. The third-order valence-corrected chi connectivity index (χ3v) is 8.03. The molecular weight excluding hydrogens is 560 g/mol. The molecule has 2 aromatic carbocycles. The van der Waals surface area contributed by atoms with Crippen LogP contribution >= 0.6 is 0 Å². The van der Waals surface area contributed by atoms with Crippen LogP contribution in [0.4, 0.5) is 0 Å². The minimum atomic E-state index is -1.15. The average molecular weight is 605 g/mol. The van der Waals surface area contributed by atoms with Gasteiger partial charge in [0, 0.05) is 25.3 Å². The molecule has 0 aromatic heterocycles. The summed E-state index contributed by atoms with van der Waals surface area (Å²) in [7, 11) is 0. The first-order valence-corrected chi connectivity index (χ1v) is 15.3. The van der Waals surface area contributed by atoms with Gasteiger partial charge in [0.15, 0.2) is 6.10 Å². The van der Waals surface area contributed by atoms with Gasteiger partial charge in [0.25, 0.3) is 0 Å². The van der Waals surface area contributed by atoms with Crippen LogP contribution in [0.25, 0.3) is 0 Å². The van der Waals surface area contributed by atoms with E-state index in [0.717, 1.165) is 11.1 Å². The molecular formula is C35H44N2O7. The Morgan fingerprint density at radius 2 is 1.57 bits per heavy atom. The second-order valence-corrected chi connectivity index (χ2v) is 12.8. The monoisotopic (exact) mass is 604 g/mol. The number of epoxide rings is 1. The van der Waals surface area contributed by atoms with Crippen molar-refractivity contribution in [2.75, 3.05) is 6.54 Å². The van der Waals surface area contributed by atoms with Crippen molar-refractivity contribution in [1.29, 1.82) is 0 Å². The van der Waals surface area contributed by atoms with Crippen molar-refractivity contribution in [3.8, 4) is 0 Å². The highest BCUT2D eigenvalue weighted by atomic mass is 16.6. The Hall–Kier alpha value is -3.98. The predicted octanol–water partition coefficient (Wildman–Crippen LogP) is 4.46. The molecule has 0 bridgehead atoms. The first kappa shape index (κ1) is 32.9.